The van der Waals surface area contributed by atoms with E-state index in [-0.39, 0.29) is 10.8 Å². The molecule has 0 aliphatic heterocycles. The van der Waals surface area contributed by atoms with Gasteiger partial charge in [-0.1, -0.05) is 100 Å². The Morgan fingerprint density at radius 1 is 0.526 bits per heavy atom. The van der Waals surface area contributed by atoms with Gasteiger partial charge >= 0.3 is 0 Å². The first-order valence-corrected chi connectivity index (χ1v) is 13.4. The zero-order valence-electron chi connectivity index (χ0n) is 22.3. The number of hydrogen-bond acceptors (Lipinski definition) is 2. The first-order chi connectivity index (χ1) is 18.4. The summed E-state index contributed by atoms with van der Waals surface area (Å²) in [5.41, 5.74) is 10.6. The summed E-state index contributed by atoms with van der Waals surface area (Å²) < 4.78 is 6.28. The average molecular weight is 494 g/mol. The van der Waals surface area contributed by atoms with Crippen LogP contribution in [0.1, 0.15) is 38.8 Å². The number of anilines is 3. The lowest BCUT2D eigenvalue weighted by atomic mass is 9.55. The van der Waals surface area contributed by atoms with Crippen LogP contribution in [0, 0.1) is 0 Å². The molecular formula is C36H31NO. The van der Waals surface area contributed by atoms with Gasteiger partial charge in [-0.3, -0.25) is 0 Å². The lowest BCUT2D eigenvalue weighted by Crippen LogP contribution is -2.43. The highest BCUT2D eigenvalue weighted by atomic mass is 16.3. The van der Waals surface area contributed by atoms with Crippen LogP contribution in [-0.2, 0) is 10.8 Å². The molecule has 0 spiro atoms. The molecule has 186 valence electrons. The molecule has 2 heteroatoms. The molecule has 1 heterocycles. The van der Waals surface area contributed by atoms with E-state index in [4.69, 9.17) is 4.42 Å². The molecule has 0 fully saturated rings. The Balaban J connectivity index is 1.52. The van der Waals surface area contributed by atoms with Gasteiger partial charge in [-0.05, 0) is 75.5 Å². The third-order valence-corrected chi connectivity index (χ3v) is 9.02. The van der Waals surface area contributed by atoms with E-state index in [1.807, 2.05) is 12.1 Å². The maximum absolute atomic E-state index is 6.28. The maximum atomic E-state index is 6.28. The van der Waals surface area contributed by atoms with Gasteiger partial charge in [-0.2, -0.15) is 0 Å². The van der Waals surface area contributed by atoms with E-state index in [2.05, 4.69) is 136 Å². The number of fused-ring (bicyclic) bond motifs is 6. The van der Waals surface area contributed by atoms with E-state index in [0.29, 0.717) is 0 Å². The fourth-order valence-corrected chi connectivity index (χ4v) is 6.32. The predicted molar refractivity (Wildman–Crippen MR) is 160 cm³/mol. The van der Waals surface area contributed by atoms with Gasteiger partial charge in [0.2, 0.25) is 0 Å². The molecule has 7 rings (SSSR count). The minimum absolute atomic E-state index is 0.0124. The smallest absolute Gasteiger partial charge is 0.137 e. The van der Waals surface area contributed by atoms with Crippen molar-refractivity contribution in [3.63, 3.8) is 0 Å². The van der Waals surface area contributed by atoms with Gasteiger partial charge in [0.25, 0.3) is 0 Å². The second kappa shape index (κ2) is 8.10. The molecule has 0 saturated carbocycles. The molecule has 1 aliphatic rings. The lowest BCUT2D eigenvalue weighted by molar-refractivity contribution is 0.299. The summed E-state index contributed by atoms with van der Waals surface area (Å²) in [6.07, 6.45) is 0. The fourth-order valence-electron chi connectivity index (χ4n) is 6.32. The number of nitrogens with zero attached hydrogens (tertiary/aromatic N) is 1. The highest BCUT2D eigenvalue weighted by Gasteiger charge is 2.45. The highest BCUT2D eigenvalue weighted by molar-refractivity contribution is 6.13. The Hall–Kier alpha value is -4.30. The molecular weight excluding hydrogens is 462 g/mol. The van der Waals surface area contributed by atoms with Crippen molar-refractivity contribution in [3.8, 4) is 11.1 Å². The van der Waals surface area contributed by atoms with Crippen molar-refractivity contribution in [1.29, 1.82) is 0 Å². The molecule has 6 aromatic rings. The molecule has 1 aromatic heterocycles. The topological polar surface area (TPSA) is 16.4 Å². The number of benzene rings is 5. The van der Waals surface area contributed by atoms with Crippen molar-refractivity contribution in [1.82, 2.24) is 0 Å². The Morgan fingerprint density at radius 3 is 2.00 bits per heavy atom. The number of rotatable bonds is 3. The van der Waals surface area contributed by atoms with Crippen molar-refractivity contribution in [2.24, 2.45) is 0 Å². The normalized spacial score (nSPS) is 15.3. The standard InChI is InChI=1S/C36H31NO/c1-35(2)29-17-10-8-15-26(29)28-23-25(21-22-30(28)36(35,3)4)37(24-13-6-5-7-14-24)31-18-12-20-33-34(31)27-16-9-11-19-32(27)38-33/h5-23H,1-4H3. The molecule has 1 aliphatic carbocycles. The number of para-hydroxylation sites is 2. The van der Waals surface area contributed by atoms with E-state index in [1.165, 1.54) is 22.3 Å². The Morgan fingerprint density at radius 2 is 1.18 bits per heavy atom. The SMILES string of the molecule is CC1(C)c2ccccc2-c2cc(N(c3ccccc3)c3cccc4oc5ccccc5c34)ccc2C1(C)C. The molecule has 5 aromatic carbocycles. The van der Waals surface area contributed by atoms with Gasteiger partial charge in [0.15, 0.2) is 0 Å². The van der Waals surface area contributed by atoms with Crippen LogP contribution in [0.3, 0.4) is 0 Å². The molecule has 0 atom stereocenters. The monoisotopic (exact) mass is 493 g/mol. The van der Waals surface area contributed by atoms with Crippen LogP contribution in [-0.4, -0.2) is 0 Å². The second-order valence-electron chi connectivity index (χ2n) is 11.4. The van der Waals surface area contributed by atoms with E-state index >= 15 is 0 Å². The van der Waals surface area contributed by atoms with Crippen LogP contribution in [0.4, 0.5) is 17.1 Å². The quantitative estimate of drug-likeness (QED) is 0.244. The van der Waals surface area contributed by atoms with E-state index in [9.17, 15) is 0 Å². The van der Waals surface area contributed by atoms with Crippen molar-refractivity contribution in [3.05, 3.63) is 126 Å². The summed E-state index contributed by atoms with van der Waals surface area (Å²) >= 11 is 0. The molecule has 0 bridgehead atoms. The molecule has 0 unspecified atom stereocenters. The average Bonchev–Trinajstić information content (AvgIpc) is 3.32. The van der Waals surface area contributed by atoms with Gasteiger partial charge in [-0.25, -0.2) is 0 Å². The number of hydrogen-bond donors (Lipinski definition) is 0. The predicted octanol–water partition coefficient (Wildman–Crippen LogP) is 10.3. The summed E-state index contributed by atoms with van der Waals surface area (Å²) in [5.74, 6) is 0. The minimum Gasteiger partial charge on any atom is -0.456 e. The largest absolute Gasteiger partial charge is 0.456 e. The molecule has 0 saturated heterocycles. The zero-order valence-corrected chi connectivity index (χ0v) is 22.3. The Labute approximate surface area is 224 Å². The summed E-state index contributed by atoms with van der Waals surface area (Å²) in [5, 5.41) is 2.26. The third-order valence-electron chi connectivity index (χ3n) is 9.02. The maximum Gasteiger partial charge on any atom is 0.137 e. The van der Waals surface area contributed by atoms with Gasteiger partial charge < -0.3 is 9.32 Å². The minimum atomic E-state index is -0.0203. The van der Waals surface area contributed by atoms with Gasteiger partial charge in [0.05, 0.1) is 11.1 Å². The first-order valence-electron chi connectivity index (χ1n) is 13.4. The van der Waals surface area contributed by atoms with Gasteiger partial charge in [-0.15, -0.1) is 0 Å². The summed E-state index contributed by atoms with van der Waals surface area (Å²) in [6, 6.07) is 41.3. The molecule has 38 heavy (non-hydrogen) atoms. The van der Waals surface area contributed by atoms with Crippen molar-refractivity contribution >= 4 is 39.0 Å². The molecule has 0 N–H and O–H groups in total. The first kappa shape index (κ1) is 22.9. The Bertz CT molecular complexity index is 1820. The highest BCUT2D eigenvalue weighted by Crippen LogP contribution is 2.55. The van der Waals surface area contributed by atoms with Crippen molar-refractivity contribution in [2.45, 2.75) is 38.5 Å². The number of furan rings is 1. The van der Waals surface area contributed by atoms with Crippen molar-refractivity contribution in [2.75, 3.05) is 4.90 Å². The second-order valence-corrected chi connectivity index (χ2v) is 11.4. The summed E-state index contributed by atoms with van der Waals surface area (Å²) in [7, 11) is 0. The van der Waals surface area contributed by atoms with Crippen LogP contribution in [0.15, 0.2) is 120 Å². The molecule has 0 amide bonds. The zero-order chi connectivity index (χ0) is 26.1. The van der Waals surface area contributed by atoms with Crippen LogP contribution >= 0.6 is 0 Å². The van der Waals surface area contributed by atoms with Crippen LogP contribution in [0.25, 0.3) is 33.1 Å². The van der Waals surface area contributed by atoms with Crippen LogP contribution < -0.4 is 4.90 Å². The fraction of sp³-hybridized carbons (Fsp3) is 0.167. The van der Waals surface area contributed by atoms with E-state index in [0.717, 1.165) is 39.0 Å². The molecule has 0 radical (unpaired) electrons. The summed E-state index contributed by atoms with van der Waals surface area (Å²) in [6.45, 7) is 9.52. The third kappa shape index (κ3) is 3.13. The van der Waals surface area contributed by atoms with Gasteiger partial charge in [0, 0.05) is 16.8 Å². The van der Waals surface area contributed by atoms with E-state index in [1.54, 1.807) is 0 Å². The van der Waals surface area contributed by atoms with E-state index < -0.39 is 0 Å². The van der Waals surface area contributed by atoms with Crippen LogP contribution in [0.5, 0.6) is 0 Å². The summed E-state index contributed by atoms with van der Waals surface area (Å²) in [4.78, 5) is 2.37. The lowest BCUT2D eigenvalue weighted by Gasteiger charge is -2.48. The van der Waals surface area contributed by atoms with Crippen molar-refractivity contribution < 1.29 is 4.42 Å². The molecule has 2 nitrogen and oxygen atoms in total. The van der Waals surface area contributed by atoms with Gasteiger partial charge in [0.1, 0.15) is 11.2 Å². The van der Waals surface area contributed by atoms with Crippen LogP contribution in [0.2, 0.25) is 0 Å². The Kier molecular flexibility index (Phi) is 4.87.